The van der Waals surface area contributed by atoms with E-state index in [1.165, 1.54) is 7.11 Å². The zero-order valence-corrected chi connectivity index (χ0v) is 12.1. The van der Waals surface area contributed by atoms with Crippen LogP contribution in [0, 0.1) is 17.2 Å². The maximum Gasteiger partial charge on any atom is 0.168 e. The van der Waals surface area contributed by atoms with Gasteiger partial charge >= 0.3 is 0 Å². The van der Waals surface area contributed by atoms with Gasteiger partial charge in [-0.05, 0) is 48.6 Å². The Balaban J connectivity index is 2.16. The van der Waals surface area contributed by atoms with E-state index in [0.717, 1.165) is 24.8 Å². The van der Waals surface area contributed by atoms with Gasteiger partial charge in [-0.1, -0.05) is 26.0 Å². The maximum absolute atomic E-state index is 14.2. The molecule has 0 amide bonds. The number of ether oxygens (including phenoxy) is 1. The summed E-state index contributed by atoms with van der Waals surface area (Å²) in [5.74, 6) is 0.437. The average Bonchev–Trinajstić information content (AvgIpc) is 2.36. The van der Waals surface area contributed by atoms with E-state index in [4.69, 9.17) is 10.5 Å². The lowest BCUT2D eigenvalue weighted by molar-refractivity contribution is 0.156. The Morgan fingerprint density at radius 1 is 1.42 bits per heavy atom. The van der Waals surface area contributed by atoms with Crippen molar-refractivity contribution in [2.45, 2.75) is 45.6 Å². The van der Waals surface area contributed by atoms with Crippen molar-refractivity contribution in [2.75, 3.05) is 7.11 Å². The molecular formula is C16H24FNO. The predicted octanol–water partition coefficient (Wildman–Crippen LogP) is 3.53. The Morgan fingerprint density at radius 2 is 2.16 bits per heavy atom. The molecule has 0 aliphatic heterocycles. The molecule has 1 aromatic rings. The Morgan fingerprint density at radius 3 is 2.84 bits per heavy atom. The zero-order valence-electron chi connectivity index (χ0n) is 12.1. The number of rotatable bonds is 3. The first kappa shape index (κ1) is 14.3. The number of hydrogen-bond donors (Lipinski definition) is 1. The molecule has 2 rings (SSSR count). The second-order valence-corrected chi connectivity index (χ2v) is 6.47. The van der Waals surface area contributed by atoms with E-state index in [9.17, 15) is 4.39 Å². The Labute approximate surface area is 115 Å². The summed E-state index contributed by atoms with van der Waals surface area (Å²) in [5.41, 5.74) is 7.25. The van der Waals surface area contributed by atoms with Crippen molar-refractivity contribution >= 4 is 0 Å². The SMILES string of the molecule is COc1cccc(CC2CC(C)(C)CCC2N)c1F. The van der Waals surface area contributed by atoms with Crippen molar-refractivity contribution in [1.29, 1.82) is 0 Å². The van der Waals surface area contributed by atoms with Crippen LogP contribution >= 0.6 is 0 Å². The van der Waals surface area contributed by atoms with Gasteiger partial charge in [0.25, 0.3) is 0 Å². The lowest BCUT2D eigenvalue weighted by Gasteiger charge is -2.39. The fourth-order valence-corrected chi connectivity index (χ4v) is 3.13. The second kappa shape index (κ2) is 5.49. The van der Waals surface area contributed by atoms with Crippen LogP contribution in [0.3, 0.4) is 0 Å². The third kappa shape index (κ3) is 3.27. The van der Waals surface area contributed by atoms with E-state index in [-0.39, 0.29) is 11.9 Å². The van der Waals surface area contributed by atoms with Crippen LogP contribution in [-0.4, -0.2) is 13.2 Å². The molecule has 0 aromatic heterocycles. The van der Waals surface area contributed by atoms with E-state index in [1.54, 1.807) is 6.07 Å². The first-order chi connectivity index (χ1) is 8.93. The highest BCUT2D eigenvalue weighted by molar-refractivity contribution is 5.31. The Hall–Kier alpha value is -1.09. The van der Waals surface area contributed by atoms with Gasteiger partial charge < -0.3 is 10.5 Å². The van der Waals surface area contributed by atoms with Crippen LogP contribution in [-0.2, 0) is 6.42 Å². The molecule has 2 atom stereocenters. The van der Waals surface area contributed by atoms with Crippen LogP contribution in [0.15, 0.2) is 18.2 Å². The fraction of sp³-hybridized carbons (Fsp3) is 0.625. The molecule has 0 radical (unpaired) electrons. The maximum atomic E-state index is 14.2. The first-order valence-corrected chi connectivity index (χ1v) is 7.00. The van der Waals surface area contributed by atoms with Gasteiger partial charge in [-0.25, -0.2) is 4.39 Å². The molecule has 2 unspecified atom stereocenters. The largest absolute Gasteiger partial charge is 0.494 e. The minimum atomic E-state index is -0.236. The van der Waals surface area contributed by atoms with Gasteiger partial charge in [0.1, 0.15) is 0 Å². The highest BCUT2D eigenvalue weighted by Crippen LogP contribution is 2.39. The molecule has 0 spiro atoms. The number of halogens is 1. The van der Waals surface area contributed by atoms with Crippen LogP contribution in [0.5, 0.6) is 5.75 Å². The summed E-state index contributed by atoms with van der Waals surface area (Å²) in [5, 5.41) is 0. The molecule has 1 fully saturated rings. The van der Waals surface area contributed by atoms with Gasteiger partial charge in [0.05, 0.1) is 7.11 Å². The summed E-state index contributed by atoms with van der Waals surface area (Å²) >= 11 is 0. The number of methoxy groups -OCH3 is 1. The normalized spacial score (nSPS) is 26.2. The molecule has 1 saturated carbocycles. The summed E-state index contributed by atoms with van der Waals surface area (Å²) in [6, 6.07) is 5.52. The quantitative estimate of drug-likeness (QED) is 0.907. The molecule has 19 heavy (non-hydrogen) atoms. The Bertz CT molecular complexity index is 444. The smallest absolute Gasteiger partial charge is 0.168 e. The van der Waals surface area contributed by atoms with E-state index in [0.29, 0.717) is 23.5 Å². The minimum absolute atomic E-state index is 0.179. The van der Waals surface area contributed by atoms with E-state index >= 15 is 0 Å². The van der Waals surface area contributed by atoms with Gasteiger partial charge in [0.2, 0.25) is 0 Å². The molecule has 1 aliphatic carbocycles. The molecule has 0 saturated heterocycles. The van der Waals surface area contributed by atoms with Gasteiger partial charge in [0.15, 0.2) is 11.6 Å². The lowest BCUT2D eigenvalue weighted by Crippen LogP contribution is -2.40. The summed E-state index contributed by atoms with van der Waals surface area (Å²) in [6.07, 6.45) is 3.95. The topological polar surface area (TPSA) is 35.2 Å². The van der Waals surface area contributed by atoms with Crippen LogP contribution in [0.1, 0.15) is 38.7 Å². The molecule has 106 valence electrons. The fourth-order valence-electron chi connectivity index (χ4n) is 3.13. The summed E-state index contributed by atoms with van der Waals surface area (Å²) in [4.78, 5) is 0. The molecule has 1 aliphatic rings. The predicted molar refractivity (Wildman–Crippen MR) is 75.8 cm³/mol. The second-order valence-electron chi connectivity index (χ2n) is 6.47. The standard InChI is InChI=1S/C16H24FNO/c1-16(2)8-7-13(18)12(10-16)9-11-5-4-6-14(19-3)15(11)17/h4-6,12-13H,7-10,18H2,1-3H3. The van der Waals surface area contributed by atoms with Crippen molar-refractivity contribution in [2.24, 2.45) is 17.1 Å². The molecule has 0 heterocycles. The van der Waals surface area contributed by atoms with Crippen molar-refractivity contribution in [1.82, 2.24) is 0 Å². The van der Waals surface area contributed by atoms with Crippen LogP contribution in [0.2, 0.25) is 0 Å². The molecule has 1 aromatic carbocycles. The van der Waals surface area contributed by atoms with Crippen molar-refractivity contribution in [3.05, 3.63) is 29.6 Å². The van der Waals surface area contributed by atoms with Gasteiger partial charge in [-0.3, -0.25) is 0 Å². The van der Waals surface area contributed by atoms with Crippen molar-refractivity contribution in [3.63, 3.8) is 0 Å². The summed E-state index contributed by atoms with van der Waals surface area (Å²) in [6.45, 7) is 4.54. The van der Waals surface area contributed by atoms with E-state index < -0.39 is 0 Å². The van der Waals surface area contributed by atoms with Gasteiger partial charge in [0, 0.05) is 6.04 Å². The van der Waals surface area contributed by atoms with Crippen LogP contribution < -0.4 is 10.5 Å². The molecule has 3 heteroatoms. The highest BCUT2D eigenvalue weighted by Gasteiger charge is 2.33. The zero-order chi connectivity index (χ0) is 14.0. The number of benzene rings is 1. The van der Waals surface area contributed by atoms with Gasteiger partial charge in [-0.2, -0.15) is 0 Å². The first-order valence-electron chi connectivity index (χ1n) is 7.00. The summed E-state index contributed by atoms with van der Waals surface area (Å²) in [7, 11) is 1.50. The lowest BCUT2D eigenvalue weighted by atomic mass is 9.68. The average molecular weight is 265 g/mol. The Kier molecular flexibility index (Phi) is 4.14. The number of hydrogen-bond acceptors (Lipinski definition) is 2. The third-order valence-corrected chi connectivity index (χ3v) is 4.32. The molecular weight excluding hydrogens is 241 g/mol. The van der Waals surface area contributed by atoms with E-state index in [2.05, 4.69) is 13.8 Å². The molecule has 2 nitrogen and oxygen atoms in total. The van der Waals surface area contributed by atoms with Crippen molar-refractivity contribution in [3.8, 4) is 5.75 Å². The third-order valence-electron chi connectivity index (χ3n) is 4.32. The monoisotopic (exact) mass is 265 g/mol. The molecule has 0 bridgehead atoms. The number of nitrogens with two attached hydrogens (primary N) is 1. The highest BCUT2D eigenvalue weighted by atomic mass is 19.1. The van der Waals surface area contributed by atoms with Gasteiger partial charge in [-0.15, -0.1) is 0 Å². The minimum Gasteiger partial charge on any atom is -0.494 e. The van der Waals surface area contributed by atoms with Crippen molar-refractivity contribution < 1.29 is 9.13 Å². The van der Waals surface area contributed by atoms with E-state index in [1.807, 2.05) is 12.1 Å². The van der Waals surface area contributed by atoms with Crippen LogP contribution in [0.4, 0.5) is 4.39 Å². The van der Waals surface area contributed by atoms with Crippen LogP contribution in [0.25, 0.3) is 0 Å². The molecule has 2 N–H and O–H groups in total. The summed E-state index contributed by atoms with van der Waals surface area (Å²) < 4.78 is 19.2.